The molecular weight excluding hydrogens is 726 g/mol. The van der Waals surface area contributed by atoms with Crippen LogP contribution in [0.5, 0.6) is 0 Å². The van der Waals surface area contributed by atoms with Crippen LogP contribution in [-0.2, 0) is 32.1 Å². The first-order valence-electron chi connectivity index (χ1n) is 18.8. The zero-order valence-corrected chi connectivity index (χ0v) is 32.2. The number of fused-ring (bicyclic) bond motifs is 1. The molecular formula is C42H50F2N4O8. The summed E-state index contributed by atoms with van der Waals surface area (Å²) in [7, 11) is 1.46. The Morgan fingerprint density at radius 2 is 1.66 bits per heavy atom. The lowest BCUT2D eigenvalue weighted by Gasteiger charge is -2.37. The summed E-state index contributed by atoms with van der Waals surface area (Å²) in [6.45, 7) is 7.24. The summed E-state index contributed by atoms with van der Waals surface area (Å²) >= 11 is 0. The van der Waals surface area contributed by atoms with Crippen molar-refractivity contribution in [1.82, 2.24) is 19.7 Å². The number of rotatable bonds is 10. The van der Waals surface area contributed by atoms with Gasteiger partial charge in [-0.25, -0.2) is 13.6 Å². The largest absolute Gasteiger partial charge is 0.445 e. The summed E-state index contributed by atoms with van der Waals surface area (Å²) < 4.78 is 42.1. The van der Waals surface area contributed by atoms with E-state index < -0.39 is 65.7 Å². The molecule has 3 aromatic carbocycles. The van der Waals surface area contributed by atoms with Gasteiger partial charge in [0.1, 0.15) is 48.6 Å². The van der Waals surface area contributed by atoms with Gasteiger partial charge in [0.25, 0.3) is 0 Å². The normalized spacial score (nSPS) is 22.5. The van der Waals surface area contributed by atoms with Gasteiger partial charge < -0.3 is 39.6 Å². The SMILES string of the molecule is C[C@@H](C(=O)N[C@H](C(=O)N1CCC[C@H]1Cc1c(-c2ccc(F)cc2)n([C@@H]2OC[C@@H](O)[C@H](O)[C@H]2O)c2cc(F)ccc12)C(C)(C)C)N(C)C(=O)OCc1ccccc1. The Kier molecular flexibility index (Phi) is 12.1. The summed E-state index contributed by atoms with van der Waals surface area (Å²) in [6.07, 6.45) is -4.91. The number of carbonyl (C=O) groups excluding carboxylic acids is 3. The topological polar surface area (TPSA) is 154 Å². The van der Waals surface area contributed by atoms with Crippen molar-refractivity contribution < 1.29 is 48.0 Å². The molecule has 6 rings (SSSR count). The number of aliphatic hydroxyl groups excluding tert-OH is 3. The maximum Gasteiger partial charge on any atom is 0.410 e. The average molecular weight is 777 g/mol. The van der Waals surface area contributed by atoms with Gasteiger partial charge in [0.15, 0.2) is 6.23 Å². The van der Waals surface area contributed by atoms with E-state index in [1.165, 1.54) is 36.2 Å². The Morgan fingerprint density at radius 3 is 2.34 bits per heavy atom. The highest BCUT2D eigenvalue weighted by molar-refractivity contribution is 5.93. The fourth-order valence-electron chi connectivity index (χ4n) is 7.57. The Morgan fingerprint density at radius 1 is 0.982 bits per heavy atom. The predicted molar refractivity (Wildman–Crippen MR) is 204 cm³/mol. The number of hydrogen-bond acceptors (Lipinski definition) is 8. The number of nitrogens with zero attached hydrogens (tertiary/aromatic N) is 3. The van der Waals surface area contributed by atoms with Crippen molar-refractivity contribution in [3.63, 3.8) is 0 Å². The summed E-state index contributed by atoms with van der Waals surface area (Å²) in [6, 6.07) is 16.7. The number of carbonyl (C=O) groups is 3. The average Bonchev–Trinajstić information content (AvgIpc) is 3.76. The van der Waals surface area contributed by atoms with Gasteiger partial charge in [-0.3, -0.25) is 14.5 Å². The molecule has 7 atom stereocenters. The molecule has 0 spiro atoms. The van der Waals surface area contributed by atoms with Gasteiger partial charge in [-0.05, 0) is 90.8 Å². The predicted octanol–water partition coefficient (Wildman–Crippen LogP) is 4.92. The highest BCUT2D eigenvalue weighted by Gasteiger charge is 2.43. The number of halogens is 2. The maximum atomic E-state index is 15.0. The second-order valence-corrected chi connectivity index (χ2v) is 15.8. The number of benzene rings is 3. The van der Waals surface area contributed by atoms with Gasteiger partial charge in [-0.1, -0.05) is 51.1 Å². The summed E-state index contributed by atoms with van der Waals surface area (Å²) in [5.41, 5.74) is 2.06. The molecule has 2 aliphatic heterocycles. The lowest BCUT2D eigenvalue weighted by Crippen LogP contribution is -2.59. The molecule has 0 unspecified atom stereocenters. The number of hydrogen-bond donors (Lipinski definition) is 4. The Balaban J connectivity index is 1.29. The first-order valence-corrected chi connectivity index (χ1v) is 18.8. The van der Waals surface area contributed by atoms with Crippen LogP contribution in [0.2, 0.25) is 0 Å². The number of aromatic nitrogens is 1. The first kappa shape index (κ1) is 40.8. The lowest BCUT2D eigenvalue weighted by molar-refractivity contribution is -0.209. The van der Waals surface area contributed by atoms with Crippen LogP contribution in [0.1, 0.15) is 57.9 Å². The van der Waals surface area contributed by atoms with E-state index in [1.807, 2.05) is 51.1 Å². The Hall–Kier alpha value is -4.89. The molecule has 0 saturated carbocycles. The van der Waals surface area contributed by atoms with Gasteiger partial charge in [0.2, 0.25) is 11.8 Å². The van der Waals surface area contributed by atoms with Gasteiger partial charge in [-0.15, -0.1) is 0 Å². The fourth-order valence-corrected chi connectivity index (χ4v) is 7.57. The minimum Gasteiger partial charge on any atom is -0.445 e. The van der Waals surface area contributed by atoms with Crippen LogP contribution in [0.15, 0.2) is 72.8 Å². The van der Waals surface area contributed by atoms with Crippen LogP contribution in [-0.4, -0.2) is 104 Å². The van der Waals surface area contributed by atoms with Crippen molar-refractivity contribution in [3.8, 4) is 11.3 Å². The van der Waals surface area contributed by atoms with E-state index in [0.717, 1.165) is 5.56 Å². The fraction of sp³-hybridized carbons (Fsp3) is 0.452. The molecule has 0 radical (unpaired) electrons. The summed E-state index contributed by atoms with van der Waals surface area (Å²) in [5.74, 6) is -1.89. The third kappa shape index (κ3) is 8.43. The molecule has 3 amide bonds. The number of aliphatic hydroxyl groups is 3. The minimum atomic E-state index is -1.60. The molecule has 0 aliphatic carbocycles. The van der Waals surface area contributed by atoms with Crippen molar-refractivity contribution in [2.75, 3.05) is 20.2 Å². The maximum absolute atomic E-state index is 15.0. The molecule has 12 nitrogen and oxygen atoms in total. The smallest absolute Gasteiger partial charge is 0.410 e. The van der Waals surface area contributed by atoms with Gasteiger partial charge >= 0.3 is 6.09 Å². The zero-order chi connectivity index (χ0) is 40.5. The van der Waals surface area contributed by atoms with E-state index in [4.69, 9.17) is 9.47 Å². The van der Waals surface area contributed by atoms with E-state index in [1.54, 1.807) is 34.6 Å². The van der Waals surface area contributed by atoms with E-state index >= 15 is 0 Å². The first-order chi connectivity index (χ1) is 26.6. The number of likely N-dealkylation sites (tertiary alicyclic amines) is 1. The van der Waals surface area contributed by atoms with E-state index in [9.17, 15) is 38.5 Å². The van der Waals surface area contributed by atoms with Crippen molar-refractivity contribution in [3.05, 3.63) is 95.6 Å². The molecule has 56 heavy (non-hydrogen) atoms. The Bertz CT molecular complexity index is 2040. The zero-order valence-electron chi connectivity index (χ0n) is 32.2. The highest BCUT2D eigenvalue weighted by atomic mass is 19.1. The minimum absolute atomic E-state index is 0.0353. The summed E-state index contributed by atoms with van der Waals surface area (Å²) in [5, 5.41) is 35.6. The van der Waals surface area contributed by atoms with Crippen molar-refractivity contribution in [1.29, 1.82) is 0 Å². The highest BCUT2D eigenvalue weighted by Crippen LogP contribution is 2.42. The van der Waals surface area contributed by atoms with Crippen LogP contribution in [0, 0.1) is 17.0 Å². The molecule has 2 saturated heterocycles. The molecule has 0 bridgehead atoms. The van der Waals surface area contributed by atoms with Crippen molar-refractivity contribution in [2.24, 2.45) is 5.41 Å². The van der Waals surface area contributed by atoms with E-state index in [2.05, 4.69) is 5.32 Å². The van der Waals surface area contributed by atoms with Gasteiger partial charge in [-0.2, -0.15) is 0 Å². The Labute approximate surface area is 324 Å². The van der Waals surface area contributed by atoms with E-state index in [-0.39, 0.29) is 31.6 Å². The third-order valence-corrected chi connectivity index (χ3v) is 10.9. The standard InChI is InChI=1S/C42H50F2N4O8/c1-24(46(5)41(54)56-22-25-10-7-6-8-11-25)38(52)45-37(42(2,3)4)39(53)47-19-9-12-29(47)21-31-30-18-17-28(44)20-32(30)48(34(31)26-13-15-27(43)16-14-26)40-36(51)35(50)33(49)23-55-40/h6-8,10-11,13-18,20,24,29,33,35-37,40,49-51H,9,12,19,21-23H2,1-5H3,(H,45,52)/t24-,29-,33+,35-,36+,37+,40+/m0/s1. The molecule has 1 aromatic heterocycles. The van der Waals surface area contributed by atoms with Crippen LogP contribution in [0.4, 0.5) is 13.6 Å². The van der Waals surface area contributed by atoms with Gasteiger partial charge in [0, 0.05) is 25.0 Å². The van der Waals surface area contributed by atoms with E-state index in [0.29, 0.717) is 47.1 Å². The van der Waals surface area contributed by atoms with Crippen LogP contribution in [0.3, 0.4) is 0 Å². The molecule has 14 heteroatoms. The second kappa shape index (κ2) is 16.7. The third-order valence-electron chi connectivity index (χ3n) is 10.9. The number of amides is 3. The molecule has 4 N–H and O–H groups in total. The lowest BCUT2D eigenvalue weighted by atomic mass is 9.85. The molecule has 300 valence electrons. The van der Waals surface area contributed by atoms with Crippen LogP contribution >= 0.6 is 0 Å². The van der Waals surface area contributed by atoms with Crippen LogP contribution in [0.25, 0.3) is 22.2 Å². The van der Waals surface area contributed by atoms with Crippen LogP contribution < -0.4 is 5.32 Å². The number of likely N-dealkylation sites (N-methyl/N-ethyl adjacent to an activating group) is 1. The monoisotopic (exact) mass is 776 g/mol. The van der Waals surface area contributed by atoms with Crippen molar-refractivity contribution in [2.45, 2.75) is 96.2 Å². The van der Waals surface area contributed by atoms with Crippen molar-refractivity contribution >= 4 is 28.8 Å². The number of ether oxygens (including phenoxy) is 2. The molecule has 3 heterocycles. The van der Waals surface area contributed by atoms with Gasteiger partial charge in [0.05, 0.1) is 17.8 Å². The molecule has 2 aliphatic rings. The second-order valence-electron chi connectivity index (χ2n) is 15.8. The number of nitrogens with one attached hydrogen (secondary N) is 1. The quantitative estimate of drug-likeness (QED) is 0.177. The summed E-state index contributed by atoms with van der Waals surface area (Å²) in [4.78, 5) is 44.1. The molecule has 2 fully saturated rings. The molecule has 4 aromatic rings.